The minimum Gasteiger partial charge on any atom is -0.595 e. The van der Waals surface area contributed by atoms with Crippen LogP contribution < -0.4 is 5.23 Å². The summed E-state index contributed by atoms with van der Waals surface area (Å²) < 4.78 is 0. The zero-order chi connectivity index (χ0) is 9.14. The molecule has 0 heterocycles. The first kappa shape index (κ1) is 9.95. The Morgan fingerprint density at radius 2 is 2.25 bits per heavy atom. The summed E-state index contributed by atoms with van der Waals surface area (Å²) in [7, 11) is 0. The van der Waals surface area contributed by atoms with Crippen LogP contribution in [0.25, 0.3) is 0 Å². The highest BCUT2D eigenvalue weighted by Gasteiger charge is 2.10. The van der Waals surface area contributed by atoms with E-state index in [-0.39, 0.29) is 5.69 Å². The minimum atomic E-state index is -0.952. The summed E-state index contributed by atoms with van der Waals surface area (Å²) in [6.07, 6.45) is 0. The Morgan fingerprint density at radius 1 is 1.58 bits per heavy atom. The maximum atomic E-state index is 10.7. The summed E-state index contributed by atoms with van der Waals surface area (Å²) in [5.41, 5.74) is 0.867. The molecule has 0 radical (unpaired) electrons. The number of alkyl halides is 1. The van der Waals surface area contributed by atoms with Crippen LogP contribution in [0.1, 0.15) is 5.56 Å². The molecule has 0 saturated heterocycles. The monoisotopic (exact) mass is 251 g/mol. The zero-order valence-corrected chi connectivity index (χ0v) is 8.39. The maximum Gasteiger partial charge on any atom is 0.169 e. The first-order valence-electron chi connectivity index (χ1n) is 3.23. The van der Waals surface area contributed by atoms with E-state index >= 15 is 0 Å². The fourth-order valence-electron chi connectivity index (χ4n) is 0.895. The van der Waals surface area contributed by atoms with Crippen molar-refractivity contribution in [1.29, 1.82) is 0 Å². The van der Waals surface area contributed by atoms with Crippen LogP contribution in [0.5, 0.6) is 0 Å². The van der Waals surface area contributed by atoms with Gasteiger partial charge in [0.1, 0.15) is 0 Å². The number of nitrogens with one attached hydrogen (secondary N) is 1. The highest BCUT2D eigenvalue weighted by molar-refractivity contribution is 9.08. The second kappa shape index (κ2) is 4.20. The summed E-state index contributed by atoms with van der Waals surface area (Å²) in [6, 6.07) is 4.83. The van der Waals surface area contributed by atoms with Gasteiger partial charge >= 0.3 is 0 Å². The fourth-order valence-corrected chi connectivity index (χ4v) is 1.90. The summed E-state index contributed by atoms with van der Waals surface area (Å²) in [5.74, 6) is 0. The molecule has 1 aromatic carbocycles. The lowest BCUT2D eigenvalue weighted by Crippen LogP contribution is -2.99. The van der Waals surface area contributed by atoms with Crippen molar-refractivity contribution in [2.45, 2.75) is 5.33 Å². The van der Waals surface area contributed by atoms with Gasteiger partial charge in [-0.2, -0.15) is 5.23 Å². The van der Waals surface area contributed by atoms with E-state index in [1.165, 1.54) is 6.07 Å². The molecule has 0 aliphatic heterocycles. The fraction of sp³-hybridized carbons (Fsp3) is 0.143. The van der Waals surface area contributed by atoms with E-state index in [9.17, 15) is 5.21 Å². The lowest BCUT2D eigenvalue weighted by atomic mass is 10.2. The van der Waals surface area contributed by atoms with Crippen molar-refractivity contribution in [1.82, 2.24) is 0 Å². The molecule has 12 heavy (non-hydrogen) atoms. The molecule has 0 fully saturated rings. The number of rotatable bonds is 2. The standard InChI is InChI=1S/C7H7BrClNO2/c8-4-5-6(9)2-1-3-7(5)10(11)12/h1-3,10-11H,4H2. The van der Waals surface area contributed by atoms with Gasteiger partial charge in [-0.3, -0.25) is 0 Å². The van der Waals surface area contributed by atoms with Gasteiger partial charge in [-0.1, -0.05) is 33.6 Å². The van der Waals surface area contributed by atoms with Crippen LogP contribution in [0.4, 0.5) is 5.69 Å². The molecule has 66 valence electrons. The molecular weight excluding hydrogens is 245 g/mol. The van der Waals surface area contributed by atoms with Crippen LogP contribution in [0.2, 0.25) is 5.02 Å². The van der Waals surface area contributed by atoms with Gasteiger partial charge in [0.05, 0.1) is 5.02 Å². The van der Waals surface area contributed by atoms with Gasteiger partial charge in [0, 0.05) is 17.0 Å². The molecule has 2 N–H and O–H groups in total. The molecule has 5 heteroatoms. The summed E-state index contributed by atoms with van der Waals surface area (Å²) in [5, 5.41) is 19.4. The summed E-state index contributed by atoms with van der Waals surface area (Å²) in [4.78, 5) is 0. The number of quaternary nitrogens is 1. The van der Waals surface area contributed by atoms with Gasteiger partial charge in [-0.15, -0.1) is 0 Å². The van der Waals surface area contributed by atoms with Crippen molar-refractivity contribution in [3.63, 3.8) is 0 Å². The average molecular weight is 252 g/mol. The van der Waals surface area contributed by atoms with E-state index in [4.69, 9.17) is 16.8 Å². The second-order valence-electron chi connectivity index (χ2n) is 2.20. The van der Waals surface area contributed by atoms with Crippen molar-refractivity contribution in [2.75, 3.05) is 0 Å². The van der Waals surface area contributed by atoms with Gasteiger partial charge in [0.25, 0.3) is 0 Å². The van der Waals surface area contributed by atoms with Crippen LogP contribution in [0.3, 0.4) is 0 Å². The Labute approximate surface area is 83.2 Å². The highest BCUT2D eigenvalue weighted by Crippen LogP contribution is 2.23. The van der Waals surface area contributed by atoms with Gasteiger partial charge in [0.2, 0.25) is 0 Å². The van der Waals surface area contributed by atoms with E-state index < -0.39 is 5.23 Å². The smallest absolute Gasteiger partial charge is 0.169 e. The van der Waals surface area contributed by atoms with Crippen LogP contribution in [0, 0.1) is 5.21 Å². The predicted octanol–water partition coefficient (Wildman–Crippen LogP) is 1.64. The Morgan fingerprint density at radius 3 is 2.67 bits per heavy atom. The molecule has 0 aliphatic rings. The van der Waals surface area contributed by atoms with Crippen LogP contribution in [-0.4, -0.2) is 5.21 Å². The number of hydrogen-bond acceptors (Lipinski definition) is 2. The zero-order valence-electron chi connectivity index (χ0n) is 6.05. The molecular formula is C7H7BrClNO2. The molecule has 0 aromatic heterocycles. The molecule has 1 rings (SSSR count). The molecule has 1 atom stereocenters. The Balaban J connectivity index is 3.18. The quantitative estimate of drug-likeness (QED) is 0.621. The van der Waals surface area contributed by atoms with Crippen molar-refractivity contribution in [3.05, 3.63) is 34.0 Å². The van der Waals surface area contributed by atoms with Crippen LogP contribution in [0.15, 0.2) is 18.2 Å². The second-order valence-corrected chi connectivity index (χ2v) is 3.17. The molecule has 1 unspecified atom stereocenters. The first-order chi connectivity index (χ1) is 5.66. The molecule has 0 spiro atoms. The SMILES string of the molecule is [O-][NH+](O)c1cccc(Cl)c1CBr. The molecule has 0 saturated carbocycles. The average Bonchev–Trinajstić information content (AvgIpc) is 2.03. The Kier molecular flexibility index (Phi) is 3.49. The van der Waals surface area contributed by atoms with Crippen LogP contribution >= 0.6 is 27.5 Å². The van der Waals surface area contributed by atoms with Crippen molar-refractivity contribution in [2.24, 2.45) is 0 Å². The van der Waals surface area contributed by atoms with Crippen molar-refractivity contribution in [3.8, 4) is 0 Å². The van der Waals surface area contributed by atoms with Gasteiger partial charge in [0.15, 0.2) is 5.69 Å². The van der Waals surface area contributed by atoms with E-state index in [0.29, 0.717) is 15.9 Å². The van der Waals surface area contributed by atoms with Gasteiger partial charge in [-0.05, 0) is 6.07 Å². The maximum absolute atomic E-state index is 10.7. The lowest BCUT2D eigenvalue weighted by Gasteiger charge is -2.14. The van der Waals surface area contributed by atoms with E-state index in [2.05, 4.69) is 15.9 Å². The Hall–Kier alpha value is -0.130. The minimum absolute atomic E-state index is 0.249. The van der Waals surface area contributed by atoms with E-state index in [1.54, 1.807) is 12.1 Å². The van der Waals surface area contributed by atoms with Crippen LogP contribution in [-0.2, 0) is 5.33 Å². The topological polar surface area (TPSA) is 47.7 Å². The largest absolute Gasteiger partial charge is 0.595 e. The predicted molar refractivity (Wildman–Crippen MR) is 49.9 cm³/mol. The third-order valence-corrected chi connectivity index (χ3v) is 2.40. The van der Waals surface area contributed by atoms with E-state index in [0.717, 1.165) is 0 Å². The third-order valence-electron chi connectivity index (χ3n) is 1.48. The molecule has 0 aliphatic carbocycles. The third kappa shape index (κ3) is 1.97. The normalized spacial score (nSPS) is 13.0. The molecule has 0 amide bonds. The van der Waals surface area contributed by atoms with Gasteiger partial charge in [-0.25, -0.2) is 5.21 Å². The number of benzene rings is 1. The summed E-state index contributed by atoms with van der Waals surface area (Å²) >= 11 is 8.96. The highest BCUT2D eigenvalue weighted by atomic mass is 79.9. The van der Waals surface area contributed by atoms with E-state index in [1.807, 2.05) is 0 Å². The molecule has 1 aromatic rings. The summed E-state index contributed by atoms with van der Waals surface area (Å²) in [6.45, 7) is 0. The lowest BCUT2D eigenvalue weighted by molar-refractivity contribution is -0.991. The number of halogens is 2. The first-order valence-corrected chi connectivity index (χ1v) is 4.73. The Bertz CT molecular complexity index is 280. The number of hydrogen-bond donors (Lipinski definition) is 2. The molecule has 3 nitrogen and oxygen atoms in total. The van der Waals surface area contributed by atoms with Crippen molar-refractivity contribution >= 4 is 33.2 Å². The van der Waals surface area contributed by atoms with Crippen molar-refractivity contribution < 1.29 is 10.4 Å². The molecule has 0 bridgehead atoms. The van der Waals surface area contributed by atoms with Gasteiger partial charge < -0.3 is 5.21 Å².